The summed E-state index contributed by atoms with van der Waals surface area (Å²) in [5.41, 5.74) is 1.40. The Bertz CT molecular complexity index is 599. The highest BCUT2D eigenvalue weighted by molar-refractivity contribution is 6.30. The van der Waals surface area contributed by atoms with Crippen LogP contribution in [0.25, 0.3) is 0 Å². The summed E-state index contributed by atoms with van der Waals surface area (Å²) in [4.78, 5) is 15.2. The molecule has 0 spiro atoms. The average molecular weight is 278 g/mol. The number of rotatable bonds is 4. The summed E-state index contributed by atoms with van der Waals surface area (Å²) in [6.45, 7) is 1.89. The number of hydrogen-bond donors (Lipinski definition) is 1. The van der Waals surface area contributed by atoms with Crippen molar-refractivity contribution in [1.82, 2.24) is 4.98 Å². The first-order valence-corrected chi connectivity index (χ1v) is 6.02. The molecule has 2 aromatic rings. The molecule has 19 heavy (non-hydrogen) atoms. The molecular formula is C14H12ClNO3. The van der Waals surface area contributed by atoms with Crippen LogP contribution >= 0.6 is 11.6 Å². The van der Waals surface area contributed by atoms with E-state index < -0.39 is 5.97 Å². The van der Waals surface area contributed by atoms with E-state index in [0.717, 1.165) is 5.56 Å². The first kappa shape index (κ1) is 13.4. The minimum atomic E-state index is -1.08. The quantitative estimate of drug-likeness (QED) is 0.871. The van der Waals surface area contributed by atoms with Crippen LogP contribution in [0.2, 0.25) is 5.15 Å². The van der Waals surface area contributed by atoms with Crippen LogP contribution in [0.3, 0.4) is 0 Å². The molecule has 98 valence electrons. The summed E-state index contributed by atoms with van der Waals surface area (Å²) in [5.74, 6) is -0.858. The fourth-order valence-corrected chi connectivity index (χ4v) is 1.82. The molecule has 0 unspecified atom stereocenters. The van der Waals surface area contributed by atoms with Crippen molar-refractivity contribution in [3.63, 3.8) is 0 Å². The SMILES string of the molecule is Cc1c(Cl)ncc(OCc2ccccc2)c1C(=O)O. The zero-order chi connectivity index (χ0) is 13.8. The summed E-state index contributed by atoms with van der Waals surface area (Å²) in [6.07, 6.45) is 1.34. The summed E-state index contributed by atoms with van der Waals surface area (Å²) in [6, 6.07) is 9.48. The van der Waals surface area contributed by atoms with Gasteiger partial charge in [0.2, 0.25) is 0 Å². The van der Waals surface area contributed by atoms with Crippen molar-refractivity contribution in [2.24, 2.45) is 0 Å². The summed E-state index contributed by atoms with van der Waals surface area (Å²) in [5, 5.41) is 9.37. The largest absolute Gasteiger partial charge is 0.486 e. The van der Waals surface area contributed by atoms with E-state index >= 15 is 0 Å². The fourth-order valence-electron chi connectivity index (χ4n) is 1.68. The first-order valence-electron chi connectivity index (χ1n) is 5.64. The predicted octanol–water partition coefficient (Wildman–Crippen LogP) is 3.32. The van der Waals surface area contributed by atoms with Gasteiger partial charge in [-0.05, 0) is 12.5 Å². The Morgan fingerprint density at radius 3 is 2.68 bits per heavy atom. The number of nitrogens with zero attached hydrogens (tertiary/aromatic N) is 1. The van der Waals surface area contributed by atoms with Gasteiger partial charge in [-0.3, -0.25) is 0 Å². The monoisotopic (exact) mass is 277 g/mol. The van der Waals surface area contributed by atoms with Gasteiger partial charge >= 0.3 is 5.97 Å². The molecule has 4 nitrogen and oxygen atoms in total. The Hall–Kier alpha value is -2.07. The summed E-state index contributed by atoms with van der Waals surface area (Å²) < 4.78 is 5.52. The maximum Gasteiger partial charge on any atom is 0.339 e. The normalized spacial score (nSPS) is 10.2. The molecule has 0 bridgehead atoms. The topological polar surface area (TPSA) is 59.4 Å². The Morgan fingerprint density at radius 2 is 2.05 bits per heavy atom. The highest BCUT2D eigenvalue weighted by Crippen LogP contribution is 2.26. The van der Waals surface area contributed by atoms with E-state index in [4.69, 9.17) is 16.3 Å². The van der Waals surface area contributed by atoms with Crippen molar-refractivity contribution < 1.29 is 14.6 Å². The van der Waals surface area contributed by atoms with E-state index in [1.807, 2.05) is 30.3 Å². The lowest BCUT2D eigenvalue weighted by Crippen LogP contribution is -2.07. The molecule has 2 rings (SSSR count). The molecule has 0 saturated carbocycles. The van der Waals surface area contributed by atoms with E-state index in [0.29, 0.717) is 5.56 Å². The highest BCUT2D eigenvalue weighted by atomic mass is 35.5. The average Bonchev–Trinajstić information content (AvgIpc) is 2.41. The van der Waals surface area contributed by atoms with Crippen molar-refractivity contribution in [3.05, 3.63) is 58.4 Å². The van der Waals surface area contributed by atoms with E-state index in [1.165, 1.54) is 6.20 Å². The van der Waals surface area contributed by atoms with Crippen LogP contribution in [0.15, 0.2) is 36.5 Å². The molecular weight excluding hydrogens is 266 g/mol. The van der Waals surface area contributed by atoms with Gasteiger partial charge in [-0.1, -0.05) is 41.9 Å². The number of carbonyl (C=O) groups is 1. The first-order chi connectivity index (χ1) is 9.09. The lowest BCUT2D eigenvalue weighted by Gasteiger charge is -2.11. The third-order valence-corrected chi connectivity index (χ3v) is 3.06. The van der Waals surface area contributed by atoms with Crippen LogP contribution in [-0.2, 0) is 6.61 Å². The Balaban J connectivity index is 2.26. The molecule has 0 atom stereocenters. The van der Waals surface area contributed by atoms with Crippen LogP contribution < -0.4 is 4.74 Å². The van der Waals surface area contributed by atoms with Gasteiger partial charge in [0.1, 0.15) is 17.3 Å². The van der Waals surface area contributed by atoms with Gasteiger partial charge in [0.05, 0.1) is 6.20 Å². The van der Waals surface area contributed by atoms with Crippen LogP contribution in [0.5, 0.6) is 5.75 Å². The lowest BCUT2D eigenvalue weighted by molar-refractivity contribution is 0.0690. The maximum atomic E-state index is 11.2. The second-order valence-corrected chi connectivity index (χ2v) is 4.35. The number of benzene rings is 1. The molecule has 0 radical (unpaired) electrons. The van der Waals surface area contributed by atoms with Gasteiger partial charge in [-0.25, -0.2) is 9.78 Å². The van der Waals surface area contributed by atoms with Crippen LogP contribution in [0.4, 0.5) is 0 Å². The number of carboxylic acid groups (broad SMARTS) is 1. The molecule has 0 saturated heterocycles. The number of hydrogen-bond acceptors (Lipinski definition) is 3. The van der Waals surface area contributed by atoms with Gasteiger partial charge in [0.25, 0.3) is 0 Å². The molecule has 1 aromatic heterocycles. The third kappa shape index (κ3) is 3.03. The lowest BCUT2D eigenvalue weighted by atomic mass is 10.1. The van der Waals surface area contributed by atoms with Gasteiger partial charge in [-0.2, -0.15) is 0 Å². The Morgan fingerprint density at radius 1 is 1.37 bits per heavy atom. The second-order valence-electron chi connectivity index (χ2n) is 3.99. The molecule has 0 aliphatic heterocycles. The Labute approximate surface area is 115 Å². The molecule has 0 aliphatic carbocycles. The molecule has 0 amide bonds. The van der Waals surface area contributed by atoms with Crippen molar-refractivity contribution in [2.75, 3.05) is 0 Å². The maximum absolute atomic E-state index is 11.2. The molecule has 1 heterocycles. The minimum Gasteiger partial charge on any atom is -0.486 e. The highest BCUT2D eigenvalue weighted by Gasteiger charge is 2.18. The van der Waals surface area contributed by atoms with Gasteiger partial charge in [0.15, 0.2) is 5.75 Å². The van der Waals surface area contributed by atoms with E-state index in [9.17, 15) is 9.90 Å². The van der Waals surface area contributed by atoms with E-state index in [1.54, 1.807) is 6.92 Å². The third-order valence-electron chi connectivity index (χ3n) is 2.68. The van der Waals surface area contributed by atoms with Gasteiger partial charge in [-0.15, -0.1) is 0 Å². The smallest absolute Gasteiger partial charge is 0.339 e. The van der Waals surface area contributed by atoms with E-state index in [2.05, 4.69) is 4.98 Å². The standard InChI is InChI=1S/C14H12ClNO3/c1-9-12(14(17)18)11(7-16-13(9)15)19-8-10-5-3-2-4-6-10/h2-7H,8H2,1H3,(H,17,18). The van der Waals surface area contributed by atoms with Crippen molar-refractivity contribution in [1.29, 1.82) is 0 Å². The zero-order valence-electron chi connectivity index (χ0n) is 10.3. The summed E-state index contributed by atoms with van der Waals surface area (Å²) >= 11 is 5.82. The number of carboxylic acids is 1. The Kier molecular flexibility index (Phi) is 4.02. The van der Waals surface area contributed by atoms with Crippen LogP contribution in [0, 0.1) is 6.92 Å². The number of ether oxygens (including phenoxy) is 1. The molecule has 1 N–H and O–H groups in total. The molecule has 1 aromatic carbocycles. The second kappa shape index (κ2) is 5.71. The fraction of sp³-hybridized carbons (Fsp3) is 0.143. The molecule has 0 aliphatic rings. The number of aromatic nitrogens is 1. The molecule has 0 fully saturated rings. The zero-order valence-corrected chi connectivity index (χ0v) is 11.0. The van der Waals surface area contributed by atoms with Crippen LogP contribution in [0.1, 0.15) is 21.5 Å². The number of pyridine rings is 1. The molecule has 5 heteroatoms. The van der Waals surface area contributed by atoms with E-state index in [-0.39, 0.29) is 23.1 Å². The minimum absolute atomic E-state index is 0.0518. The van der Waals surface area contributed by atoms with Crippen molar-refractivity contribution in [3.8, 4) is 5.75 Å². The number of aromatic carboxylic acids is 1. The van der Waals surface area contributed by atoms with Crippen molar-refractivity contribution >= 4 is 17.6 Å². The number of halogens is 1. The van der Waals surface area contributed by atoms with Gasteiger partial charge < -0.3 is 9.84 Å². The summed E-state index contributed by atoms with van der Waals surface area (Å²) in [7, 11) is 0. The van der Waals surface area contributed by atoms with Crippen molar-refractivity contribution in [2.45, 2.75) is 13.5 Å². The van der Waals surface area contributed by atoms with Gasteiger partial charge in [0, 0.05) is 5.56 Å². The predicted molar refractivity (Wildman–Crippen MR) is 71.7 cm³/mol. The van der Waals surface area contributed by atoms with Crippen LogP contribution in [-0.4, -0.2) is 16.1 Å².